The van der Waals surface area contributed by atoms with Gasteiger partial charge in [-0.15, -0.1) is 0 Å². The molecular weight excluding hydrogens is 392 g/mol. The van der Waals surface area contributed by atoms with Crippen molar-refractivity contribution < 1.29 is 19.0 Å². The number of rotatable bonds is 11. The number of aryl methyl sites for hydroxylation is 1. The van der Waals surface area contributed by atoms with E-state index in [1.807, 2.05) is 42.5 Å². The third-order valence-corrected chi connectivity index (χ3v) is 4.69. The number of ether oxygens (including phenoxy) is 3. The summed E-state index contributed by atoms with van der Waals surface area (Å²) < 4.78 is 16.4. The molecule has 3 rings (SSSR count). The molecule has 0 radical (unpaired) electrons. The van der Waals surface area contributed by atoms with E-state index in [0.29, 0.717) is 23.8 Å². The zero-order valence-electron chi connectivity index (χ0n) is 17.9. The van der Waals surface area contributed by atoms with Crippen LogP contribution in [-0.2, 0) is 11.2 Å². The van der Waals surface area contributed by atoms with E-state index >= 15 is 0 Å². The molecule has 0 atom stereocenters. The Kier molecular flexibility index (Phi) is 8.17. The quantitative estimate of drug-likeness (QED) is 0.438. The summed E-state index contributed by atoms with van der Waals surface area (Å²) in [5, 5.41) is 5.96. The number of carbonyl (C=O) groups is 1. The molecule has 0 fully saturated rings. The topological polar surface area (TPSA) is 68.8 Å². The van der Waals surface area contributed by atoms with Crippen molar-refractivity contribution in [2.75, 3.05) is 38.0 Å². The fourth-order valence-corrected chi connectivity index (χ4v) is 3.10. The molecule has 3 aromatic rings. The lowest BCUT2D eigenvalue weighted by atomic mass is 10.1. The van der Waals surface area contributed by atoms with Crippen LogP contribution in [0.15, 0.2) is 72.8 Å². The highest BCUT2D eigenvalue weighted by molar-refractivity contribution is 5.95. The molecule has 0 bridgehead atoms. The zero-order chi connectivity index (χ0) is 21.9. The summed E-state index contributed by atoms with van der Waals surface area (Å²) in [6.45, 7) is 0.742. The summed E-state index contributed by atoms with van der Waals surface area (Å²) in [6.07, 6.45) is 1.92. The van der Waals surface area contributed by atoms with Crippen LogP contribution < -0.4 is 24.8 Å². The van der Waals surface area contributed by atoms with Crippen molar-refractivity contribution in [2.24, 2.45) is 0 Å². The van der Waals surface area contributed by atoms with Crippen molar-refractivity contribution in [1.29, 1.82) is 0 Å². The van der Waals surface area contributed by atoms with Crippen LogP contribution in [0.1, 0.15) is 12.0 Å². The summed E-state index contributed by atoms with van der Waals surface area (Å²) in [6, 6.07) is 23.2. The highest BCUT2D eigenvalue weighted by Crippen LogP contribution is 2.28. The number of anilines is 2. The van der Waals surface area contributed by atoms with Gasteiger partial charge in [0.15, 0.2) is 0 Å². The minimum absolute atomic E-state index is 0.109. The molecule has 0 aromatic heterocycles. The van der Waals surface area contributed by atoms with Gasteiger partial charge in [-0.3, -0.25) is 4.79 Å². The Morgan fingerprint density at radius 3 is 2.48 bits per heavy atom. The largest absolute Gasteiger partial charge is 0.497 e. The number of hydrogen-bond acceptors (Lipinski definition) is 5. The van der Waals surface area contributed by atoms with Gasteiger partial charge in [-0.1, -0.05) is 36.4 Å². The smallest absolute Gasteiger partial charge is 0.243 e. The average molecular weight is 421 g/mol. The first kappa shape index (κ1) is 22.0. The van der Waals surface area contributed by atoms with Gasteiger partial charge in [0.05, 0.1) is 33.1 Å². The SMILES string of the molecule is COc1ccc(OC)c(NC(=O)CNc2cccc(OCCCc3ccccc3)c2)c1. The molecule has 6 nitrogen and oxygen atoms in total. The van der Waals surface area contributed by atoms with E-state index in [1.165, 1.54) is 5.56 Å². The van der Waals surface area contributed by atoms with Gasteiger partial charge in [-0.05, 0) is 42.7 Å². The summed E-state index contributed by atoms with van der Waals surface area (Å²) in [7, 11) is 3.13. The van der Waals surface area contributed by atoms with Crippen LogP contribution in [0.25, 0.3) is 0 Å². The van der Waals surface area contributed by atoms with Gasteiger partial charge in [0, 0.05) is 17.8 Å². The second-order valence-electron chi connectivity index (χ2n) is 6.93. The summed E-state index contributed by atoms with van der Waals surface area (Å²) in [4.78, 5) is 12.4. The molecule has 162 valence electrons. The predicted octanol–water partition coefficient (Wildman–Crippen LogP) is 4.77. The summed E-state index contributed by atoms with van der Waals surface area (Å²) >= 11 is 0. The van der Waals surface area contributed by atoms with E-state index in [9.17, 15) is 4.79 Å². The molecule has 0 heterocycles. The Hall–Kier alpha value is -3.67. The van der Waals surface area contributed by atoms with Crippen LogP contribution in [-0.4, -0.2) is 33.3 Å². The summed E-state index contributed by atoms with van der Waals surface area (Å²) in [5.41, 5.74) is 2.68. The second-order valence-corrected chi connectivity index (χ2v) is 6.93. The van der Waals surface area contributed by atoms with E-state index in [1.54, 1.807) is 32.4 Å². The molecular formula is C25H28N2O4. The number of carbonyl (C=O) groups excluding carboxylic acids is 1. The maximum Gasteiger partial charge on any atom is 0.243 e. The number of nitrogens with one attached hydrogen (secondary N) is 2. The molecule has 0 unspecified atom stereocenters. The monoisotopic (exact) mass is 420 g/mol. The molecule has 0 saturated carbocycles. The van der Waals surface area contributed by atoms with Crippen LogP contribution in [0.3, 0.4) is 0 Å². The van der Waals surface area contributed by atoms with Crippen LogP contribution in [0.5, 0.6) is 17.2 Å². The van der Waals surface area contributed by atoms with Gasteiger partial charge in [0.1, 0.15) is 17.2 Å². The normalized spacial score (nSPS) is 10.3. The van der Waals surface area contributed by atoms with Gasteiger partial charge in [0.25, 0.3) is 0 Å². The molecule has 31 heavy (non-hydrogen) atoms. The lowest BCUT2D eigenvalue weighted by molar-refractivity contribution is -0.114. The molecule has 0 saturated heterocycles. The van der Waals surface area contributed by atoms with Crippen LogP contribution in [0.4, 0.5) is 11.4 Å². The molecule has 0 aliphatic carbocycles. The van der Waals surface area contributed by atoms with Crippen molar-refractivity contribution in [1.82, 2.24) is 0 Å². The molecule has 6 heteroatoms. The van der Waals surface area contributed by atoms with Gasteiger partial charge in [-0.25, -0.2) is 0 Å². The standard InChI is InChI=1S/C25H28N2O4/c1-29-21-13-14-24(30-2)23(17-21)27-25(28)18-26-20-11-6-12-22(16-20)31-15-7-10-19-8-4-3-5-9-19/h3-6,8-9,11-14,16-17,26H,7,10,15,18H2,1-2H3,(H,27,28). The van der Waals surface area contributed by atoms with Crippen molar-refractivity contribution in [3.05, 3.63) is 78.4 Å². The van der Waals surface area contributed by atoms with E-state index in [2.05, 4.69) is 22.8 Å². The van der Waals surface area contributed by atoms with E-state index < -0.39 is 0 Å². The second kappa shape index (κ2) is 11.5. The molecule has 0 aliphatic heterocycles. The van der Waals surface area contributed by atoms with Crippen molar-refractivity contribution in [3.8, 4) is 17.2 Å². The number of benzene rings is 3. The fraction of sp³-hybridized carbons (Fsp3) is 0.240. The number of hydrogen-bond donors (Lipinski definition) is 2. The maximum atomic E-state index is 12.4. The van der Waals surface area contributed by atoms with Gasteiger partial charge < -0.3 is 24.8 Å². The number of methoxy groups -OCH3 is 2. The van der Waals surface area contributed by atoms with E-state index in [0.717, 1.165) is 24.3 Å². The third kappa shape index (κ3) is 6.96. The Morgan fingerprint density at radius 1 is 0.871 bits per heavy atom. The zero-order valence-corrected chi connectivity index (χ0v) is 17.9. The van der Waals surface area contributed by atoms with Crippen LogP contribution >= 0.6 is 0 Å². The lowest BCUT2D eigenvalue weighted by Crippen LogP contribution is -2.22. The van der Waals surface area contributed by atoms with E-state index in [4.69, 9.17) is 14.2 Å². The van der Waals surface area contributed by atoms with Crippen molar-refractivity contribution in [2.45, 2.75) is 12.8 Å². The molecule has 3 aromatic carbocycles. The third-order valence-electron chi connectivity index (χ3n) is 4.69. The molecule has 2 N–H and O–H groups in total. The highest BCUT2D eigenvalue weighted by Gasteiger charge is 2.09. The lowest BCUT2D eigenvalue weighted by Gasteiger charge is -2.13. The van der Waals surface area contributed by atoms with Crippen molar-refractivity contribution in [3.63, 3.8) is 0 Å². The van der Waals surface area contributed by atoms with Crippen LogP contribution in [0.2, 0.25) is 0 Å². The van der Waals surface area contributed by atoms with Gasteiger partial charge in [-0.2, -0.15) is 0 Å². The Bertz CT molecular complexity index is 976. The number of amides is 1. The minimum atomic E-state index is -0.194. The van der Waals surface area contributed by atoms with Gasteiger partial charge >= 0.3 is 0 Å². The molecule has 0 spiro atoms. The first-order valence-corrected chi connectivity index (χ1v) is 10.2. The minimum Gasteiger partial charge on any atom is -0.497 e. The molecule has 0 aliphatic rings. The van der Waals surface area contributed by atoms with Crippen LogP contribution in [0, 0.1) is 0 Å². The summed E-state index contributed by atoms with van der Waals surface area (Å²) in [5.74, 6) is 1.79. The predicted molar refractivity (Wildman–Crippen MR) is 123 cm³/mol. The first-order valence-electron chi connectivity index (χ1n) is 10.2. The van der Waals surface area contributed by atoms with Crippen molar-refractivity contribution >= 4 is 17.3 Å². The maximum absolute atomic E-state index is 12.4. The Morgan fingerprint density at radius 2 is 1.71 bits per heavy atom. The molecule has 1 amide bonds. The highest BCUT2D eigenvalue weighted by atomic mass is 16.5. The average Bonchev–Trinajstić information content (AvgIpc) is 2.81. The first-order chi connectivity index (χ1) is 15.2. The Labute approximate surface area is 183 Å². The fourth-order valence-electron chi connectivity index (χ4n) is 3.10. The Balaban J connectivity index is 1.47. The van der Waals surface area contributed by atoms with E-state index in [-0.39, 0.29) is 12.5 Å². The van der Waals surface area contributed by atoms with Gasteiger partial charge in [0.2, 0.25) is 5.91 Å².